The lowest BCUT2D eigenvalue weighted by atomic mass is 10.1. The van der Waals surface area contributed by atoms with Crippen molar-refractivity contribution in [3.63, 3.8) is 0 Å². The van der Waals surface area contributed by atoms with E-state index in [1.54, 1.807) is 0 Å². The van der Waals surface area contributed by atoms with E-state index in [0.717, 1.165) is 19.6 Å². The molecule has 2 heteroatoms. The summed E-state index contributed by atoms with van der Waals surface area (Å²) in [5, 5.41) is 0. The van der Waals surface area contributed by atoms with Crippen LogP contribution in [0.1, 0.15) is 32.1 Å². The molecule has 2 unspecified atom stereocenters. The van der Waals surface area contributed by atoms with E-state index in [-0.39, 0.29) is 0 Å². The molecule has 2 heterocycles. The molecule has 0 aromatic rings. The normalized spacial score (nSPS) is 34.8. The Labute approximate surface area is 79.9 Å². The first-order chi connectivity index (χ1) is 6.45. The molecule has 2 aliphatic heterocycles. The molecule has 0 N–H and O–H groups in total. The molecule has 2 saturated heterocycles. The largest absolute Gasteiger partial charge is 0.378 e. The zero-order valence-corrected chi connectivity index (χ0v) is 8.08. The first-order valence-electron chi connectivity index (χ1n) is 5.35. The van der Waals surface area contributed by atoms with E-state index < -0.39 is 0 Å². The predicted octanol–water partition coefficient (Wildman–Crippen LogP) is 2.29. The van der Waals surface area contributed by atoms with Gasteiger partial charge in [-0.1, -0.05) is 12.2 Å². The quantitative estimate of drug-likeness (QED) is 0.623. The van der Waals surface area contributed by atoms with E-state index in [9.17, 15) is 0 Å². The lowest BCUT2D eigenvalue weighted by molar-refractivity contribution is 0.112. The maximum atomic E-state index is 5.53. The molecule has 0 radical (unpaired) electrons. The van der Waals surface area contributed by atoms with Gasteiger partial charge in [-0.3, -0.25) is 0 Å². The highest BCUT2D eigenvalue weighted by atomic mass is 16.5. The van der Waals surface area contributed by atoms with Crippen LogP contribution in [-0.2, 0) is 9.47 Å². The van der Waals surface area contributed by atoms with Crippen molar-refractivity contribution in [3.05, 3.63) is 12.2 Å². The summed E-state index contributed by atoms with van der Waals surface area (Å²) in [4.78, 5) is 0. The summed E-state index contributed by atoms with van der Waals surface area (Å²) in [6.45, 7) is 1.90. The summed E-state index contributed by atoms with van der Waals surface area (Å²) >= 11 is 0. The van der Waals surface area contributed by atoms with Crippen LogP contribution in [0, 0.1) is 0 Å². The molecule has 0 aromatic heterocycles. The standard InChI is InChI=1S/C11H18O2/c1(4-10-6-2-8-12-10)5-11-7-3-9-13-11/h1,4,10-11H,2-3,5-9H2/b4-1+. The van der Waals surface area contributed by atoms with Gasteiger partial charge in [0.05, 0.1) is 12.2 Å². The molecule has 0 aliphatic carbocycles. The van der Waals surface area contributed by atoms with Gasteiger partial charge >= 0.3 is 0 Å². The summed E-state index contributed by atoms with van der Waals surface area (Å²) in [6.07, 6.45) is 11.3. The fourth-order valence-electron chi connectivity index (χ4n) is 1.97. The minimum atomic E-state index is 0.390. The van der Waals surface area contributed by atoms with Crippen LogP contribution in [0.2, 0.25) is 0 Å². The van der Waals surface area contributed by atoms with E-state index in [1.165, 1.54) is 25.7 Å². The van der Waals surface area contributed by atoms with Gasteiger partial charge in [0.1, 0.15) is 0 Å². The molecule has 0 bridgehead atoms. The fourth-order valence-corrected chi connectivity index (χ4v) is 1.97. The first kappa shape index (κ1) is 9.22. The van der Waals surface area contributed by atoms with Gasteiger partial charge in [-0.25, -0.2) is 0 Å². The van der Waals surface area contributed by atoms with Crippen molar-refractivity contribution >= 4 is 0 Å². The van der Waals surface area contributed by atoms with E-state index in [4.69, 9.17) is 9.47 Å². The average molecular weight is 182 g/mol. The van der Waals surface area contributed by atoms with Crippen LogP contribution in [0.15, 0.2) is 12.2 Å². The summed E-state index contributed by atoms with van der Waals surface area (Å²) in [7, 11) is 0. The molecule has 0 amide bonds. The lowest BCUT2D eigenvalue weighted by Crippen LogP contribution is -2.04. The molecule has 2 rings (SSSR count). The lowest BCUT2D eigenvalue weighted by Gasteiger charge is -2.05. The molecular formula is C11H18O2. The minimum Gasteiger partial charge on any atom is -0.378 e. The second-order valence-corrected chi connectivity index (χ2v) is 3.85. The zero-order valence-electron chi connectivity index (χ0n) is 8.08. The molecule has 2 nitrogen and oxygen atoms in total. The Kier molecular flexibility index (Phi) is 3.39. The van der Waals surface area contributed by atoms with E-state index in [1.807, 2.05) is 0 Å². The van der Waals surface area contributed by atoms with E-state index in [2.05, 4.69) is 12.2 Å². The second-order valence-electron chi connectivity index (χ2n) is 3.85. The summed E-state index contributed by atoms with van der Waals surface area (Å²) in [5.74, 6) is 0. The number of hydrogen-bond acceptors (Lipinski definition) is 2. The zero-order chi connectivity index (χ0) is 8.93. The Balaban J connectivity index is 1.65. The number of rotatable bonds is 3. The van der Waals surface area contributed by atoms with Crippen molar-refractivity contribution in [2.75, 3.05) is 13.2 Å². The molecular weight excluding hydrogens is 164 g/mol. The highest BCUT2D eigenvalue weighted by Gasteiger charge is 2.14. The van der Waals surface area contributed by atoms with Crippen molar-refractivity contribution in [2.24, 2.45) is 0 Å². The maximum absolute atomic E-state index is 5.53. The third-order valence-electron chi connectivity index (χ3n) is 2.74. The first-order valence-corrected chi connectivity index (χ1v) is 5.35. The predicted molar refractivity (Wildman–Crippen MR) is 51.7 cm³/mol. The molecule has 2 fully saturated rings. The Bertz CT molecular complexity index is 165. The maximum Gasteiger partial charge on any atom is 0.0756 e. The monoisotopic (exact) mass is 182 g/mol. The van der Waals surface area contributed by atoms with Gasteiger partial charge in [0, 0.05) is 13.2 Å². The van der Waals surface area contributed by atoms with Crippen LogP contribution in [0.4, 0.5) is 0 Å². The molecule has 0 spiro atoms. The summed E-state index contributed by atoms with van der Waals surface area (Å²) < 4.78 is 11.0. The highest BCUT2D eigenvalue weighted by Crippen LogP contribution is 2.17. The molecule has 13 heavy (non-hydrogen) atoms. The van der Waals surface area contributed by atoms with Gasteiger partial charge in [0.25, 0.3) is 0 Å². The van der Waals surface area contributed by atoms with Crippen LogP contribution in [0.5, 0.6) is 0 Å². The molecule has 0 aromatic carbocycles. The van der Waals surface area contributed by atoms with Crippen LogP contribution < -0.4 is 0 Å². The van der Waals surface area contributed by atoms with Crippen LogP contribution in [-0.4, -0.2) is 25.4 Å². The Hall–Kier alpha value is -0.340. The molecule has 74 valence electrons. The van der Waals surface area contributed by atoms with Gasteiger partial charge in [0.2, 0.25) is 0 Å². The van der Waals surface area contributed by atoms with Crippen molar-refractivity contribution in [3.8, 4) is 0 Å². The Morgan fingerprint density at radius 3 is 2.62 bits per heavy atom. The van der Waals surface area contributed by atoms with Crippen LogP contribution in [0.3, 0.4) is 0 Å². The average Bonchev–Trinajstić information content (AvgIpc) is 2.75. The summed E-state index contributed by atoms with van der Waals surface area (Å²) in [6, 6.07) is 0. The van der Waals surface area contributed by atoms with Gasteiger partial charge in [-0.2, -0.15) is 0 Å². The third-order valence-corrected chi connectivity index (χ3v) is 2.74. The molecule has 2 atom stereocenters. The van der Waals surface area contributed by atoms with Crippen LogP contribution in [0.25, 0.3) is 0 Å². The Morgan fingerprint density at radius 2 is 1.92 bits per heavy atom. The van der Waals surface area contributed by atoms with Gasteiger partial charge in [-0.15, -0.1) is 0 Å². The number of ether oxygens (including phenoxy) is 2. The van der Waals surface area contributed by atoms with Gasteiger partial charge < -0.3 is 9.47 Å². The smallest absolute Gasteiger partial charge is 0.0756 e. The Morgan fingerprint density at radius 1 is 1.08 bits per heavy atom. The molecule has 0 saturated carbocycles. The van der Waals surface area contributed by atoms with E-state index >= 15 is 0 Å². The van der Waals surface area contributed by atoms with Gasteiger partial charge in [-0.05, 0) is 32.1 Å². The summed E-state index contributed by atoms with van der Waals surface area (Å²) in [5.41, 5.74) is 0. The number of hydrogen-bond donors (Lipinski definition) is 0. The van der Waals surface area contributed by atoms with Crippen molar-refractivity contribution in [1.29, 1.82) is 0 Å². The highest BCUT2D eigenvalue weighted by molar-refractivity contribution is 4.93. The van der Waals surface area contributed by atoms with Crippen molar-refractivity contribution in [1.82, 2.24) is 0 Å². The van der Waals surface area contributed by atoms with Crippen LogP contribution >= 0.6 is 0 Å². The van der Waals surface area contributed by atoms with E-state index in [0.29, 0.717) is 12.2 Å². The fraction of sp³-hybridized carbons (Fsp3) is 0.818. The SMILES string of the molecule is C(=C\C1CCCO1)/CC1CCCO1. The second kappa shape index (κ2) is 4.77. The molecule has 2 aliphatic rings. The van der Waals surface area contributed by atoms with Crippen molar-refractivity contribution in [2.45, 2.75) is 44.3 Å². The van der Waals surface area contributed by atoms with Gasteiger partial charge in [0.15, 0.2) is 0 Å². The van der Waals surface area contributed by atoms with Crippen molar-refractivity contribution < 1.29 is 9.47 Å². The topological polar surface area (TPSA) is 18.5 Å². The third kappa shape index (κ3) is 2.82. The minimum absolute atomic E-state index is 0.390.